The van der Waals surface area contributed by atoms with Gasteiger partial charge in [0.1, 0.15) is 5.82 Å². The van der Waals surface area contributed by atoms with Gasteiger partial charge < -0.3 is 14.9 Å². The Hall–Kier alpha value is -1.99. The lowest BCUT2D eigenvalue weighted by atomic mass is 10.0. The summed E-state index contributed by atoms with van der Waals surface area (Å²) in [4.78, 5) is 19.7. The summed E-state index contributed by atoms with van der Waals surface area (Å²) >= 11 is 0. The first-order valence-corrected chi connectivity index (χ1v) is 8.29. The third-order valence-corrected chi connectivity index (χ3v) is 4.19. The molecule has 0 saturated carbocycles. The van der Waals surface area contributed by atoms with Crippen LogP contribution < -0.4 is 5.32 Å². The lowest BCUT2D eigenvalue weighted by Gasteiger charge is -2.26. The van der Waals surface area contributed by atoms with Crippen LogP contribution in [-0.2, 0) is 14.4 Å². The summed E-state index contributed by atoms with van der Waals surface area (Å²) in [5, 5.41) is 6.84. The molecule has 1 fully saturated rings. The average molecular weight is 335 g/mol. The standard InChI is InChI=1S/C17H22FN3O3/c18-14-4-2-13(3-5-14)15-12-16(24-20-15)17(22)19-6-1-7-21-8-10-23-11-9-21/h2-5,16H,1,6-12H2,(H,19,22)/t16-/m1/s1. The topological polar surface area (TPSA) is 63.2 Å². The van der Waals surface area contributed by atoms with Crippen LogP contribution in [0, 0.1) is 5.82 Å². The quantitative estimate of drug-likeness (QED) is 0.793. The molecule has 1 amide bonds. The summed E-state index contributed by atoms with van der Waals surface area (Å²) < 4.78 is 18.2. The predicted molar refractivity (Wildman–Crippen MR) is 87.3 cm³/mol. The molecule has 1 atom stereocenters. The van der Waals surface area contributed by atoms with Gasteiger partial charge in [0, 0.05) is 26.1 Å². The lowest BCUT2D eigenvalue weighted by Crippen LogP contribution is -2.39. The second kappa shape index (κ2) is 8.21. The van der Waals surface area contributed by atoms with E-state index in [1.165, 1.54) is 12.1 Å². The molecule has 7 heteroatoms. The van der Waals surface area contributed by atoms with Crippen LogP contribution in [0.5, 0.6) is 0 Å². The van der Waals surface area contributed by atoms with Crippen LogP contribution >= 0.6 is 0 Å². The van der Waals surface area contributed by atoms with Crippen molar-refractivity contribution >= 4 is 11.6 Å². The number of hydrogen-bond donors (Lipinski definition) is 1. The zero-order valence-corrected chi connectivity index (χ0v) is 13.5. The smallest absolute Gasteiger partial charge is 0.264 e. The number of halogens is 1. The number of benzene rings is 1. The van der Waals surface area contributed by atoms with Gasteiger partial charge in [-0.15, -0.1) is 0 Å². The molecule has 0 aliphatic carbocycles. The van der Waals surface area contributed by atoms with Crippen LogP contribution in [0.4, 0.5) is 4.39 Å². The Morgan fingerprint density at radius 3 is 2.79 bits per heavy atom. The Morgan fingerprint density at radius 2 is 2.04 bits per heavy atom. The van der Waals surface area contributed by atoms with E-state index < -0.39 is 6.10 Å². The molecule has 1 aromatic carbocycles. The van der Waals surface area contributed by atoms with Gasteiger partial charge in [-0.05, 0) is 30.7 Å². The molecule has 1 aromatic rings. The van der Waals surface area contributed by atoms with Crippen molar-refractivity contribution < 1.29 is 18.8 Å². The maximum atomic E-state index is 12.9. The van der Waals surface area contributed by atoms with Crippen LogP contribution in [0.15, 0.2) is 29.4 Å². The van der Waals surface area contributed by atoms with Crippen molar-refractivity contribution in [2.45, 2.75) is 18.9 Å². The lowest BCUT2D eigenvalue weighted by molar-refractivity contribution is -0.131. The summed E-state index contributed by atoms with van der Waals surface area (Å²) in [5.74, 6) is -0.453. The molecule has 2 heterocycles. The number of morpholine rings is 1. The first-order chi connectivity index (χ1) is 11.7. The van der Waals surface area contributed by atoms with E-state index >= 15 is 0 Å². The summed E-state index contributed by atoms with van der Waals surface area (Å²) in [6.07, 6.45) is 0.693. The van der Waals surface area contributed by atoms with Gasteiger partial charge >= 0.3 is 0 Å². The van der Waals surface area contributed by atoms with Crippen molar-refractivity contribution in [2.24, 2.45) is 5.16 Å². The highest BCUT2D eigenvalue weighted by Crippen LogP contribution is 2.17. The summed E-state index contributed by atoms with van der Waals surface area (Å²) in [7, 11) is 0. The summed E-state index contributed by atoms with van der Waals surface area (Å²) in [6.45, 7) is 5.04. The third-order valence-electron chi connectivity index (χ3n) is 4.19. The zero-order valence-electron chi connectivity index (χ0n) is 13.5. The van der Waals surface area contributed by atoms with Gasteiger partial charge in [-0.2, -0.15) is 0 Å². The van der Waals surface area contributed by atoms with E-state index in [0.29, 0.717) is 18.7 Å². The van der Waals surface area contributed by atoms with Crippen molar-refractivity contribution in [3.63, 3.8) is 0 Å². The first kappa shape index (κ1) is 16.9. The molecule has 130 valence electrons. The van der Waals surface area contributed by atoms with Crippen molar-refractivity contribution in [2.75, 3.05) is 39.4 Å². The van der Waals surface area contributed by atoms with E-state index in [4.69, 9.17) is 9.57 Å². The number of oxime groups is 1. The molecule has 0 spiro atoms. The minimum atomic E-state index is -0.603. The second-order valence-electron chi connectivity index (χ2n) is 5.94. The fourth-order valence-corrected chi connectivity index (χ4v) is 2.78. The Morgan fingerprint density at radius 1 is 1.29 bits per heavy atom. The average Bonchev–Trinajstić information content (AvgIpc) is 3.10. The van der Waals surface area contributed by atoms with E-state index in [1.54, 1.807) is 12.1 Å². The van der Waals surface area contributed by atoms with Gasteiger partial charge in [0.25, 0.3) is 5.91 Å². The van der Waals surface area contributed by atoms with Crippen molar-refractivity contribution in [3.05, 3.63) is 35.6 Å². The first-order valence-electron chi connectivity index (χ1n) is 8.29. The van der Waals surface area contributed by atoms with Crippen molar-refractivity contribution in [1.82, 2.24) is 10.2 Å². The van der Waals surface area contributed by atoms with Gasteiger partial charge in [-0.3, -0.25) is 9.69 Å². The van der Waals surface area contributed by atoms with Gasteiger partial charge in [0.05, 0.1) is 18.9 Å². The molecule has 2 aliphatic rings. The summed E-state index contributed by atoms with van der Waals surface area (Å²) in [5.41, 5.74) is 1.45. The molecule has 3 rings (SSSR count). The predicted octanol–water partition coefficient (Wildman–Crippen LogP) is 1.16. The molecule has 6 nitrogen and oxygen atoms in total. The normalized spacial score (nSPS) is 21.2. The van der Waals surface area contributed by atoms with Crippen LogP contribution in [0.1, 0.15) is 18.4 Å². The van der Waals surface area contributed by atoms with E-state index in [2.05, 4.69) is 15.4 Å². The highest BCUT2D eigenvalue weighted by atomic mass is 19.1. The molecular formula is C17H22FN3O3. The Kier molecular flexibility index (Phi) is 5.77. The Bertz CT molecular complexity index is 585. The number of nitrogens with zero attached hydrogens (tertiary/aromatic N) is 2. The second-order valence-corrected chi connectivity index (χ2v) is 5.94. The molecule has 0 unspecified atom stereocenters. The molecular weight excluding hydrogens is 313 g/mol. The van der Waals surface area contributed by atoms with Gasteiger partial charge in [0.2, 0.25) is 6.10 Å². The number of rotatable bonds is 6. The van der Waals surface area contributed by atoms with Crippen molar-refractivity contribution in [1.29, 1.82) is 0 Å². The van der Waals surface area contributed by atoms with Crippen LogP contribution in [-0.4, -0.2) is 62.0 Å². The fourth-order valence-electron chi connectivity index (χ4n) is 2.78. The highest BCUT2D eigenvalue weighted by molar-refractivity contribution is 6.04. The minimum Gasteiger partial charge on any atom is -0.382 e. The highest BCUT2D eigenvalue weighted by Gasteiger charge is 2.28. The number of ether oxygens (including phenoxy) is 1. The molecule has 1 saturated heterocycles. The number of amides is 1. The molecule has 24 heavy (non-hydrogen) atoms. The maximum absolute atomic E-state index is 12.9. The largest absolute Gasteiger partial charge is 0.382 e. The zero-order chi connectivity index (χ0) is 16.8. The van der Waals surface area contributed by atoms with E-state index in [1.807, 2.05) is 0 Å². The molecule has 0 bridgehead atoms. The summed E-state index contributed by atoms with van der Waals surface area (Å²) in [6, 6.07) is 6.02. The Balaban J connectivity index is 1.37. The van der Waals surface area contributed by atoms with E-state index in [-0.39, 0.29) is 11.7 Å². The molecule has 1 N–H and O–H groups in total. The molecule has 0 aromatic heterocycles. The SMILES string of the molecule is O=C(NCCCN1CCOCC1)[C@H]1CC(c2ccc(F)cc2)=NO1. The maximum Gasteiger partial charge on any atom is 0.264 e. The van der Waals surface area contributed by atoms with Gasteiger partial charge in [0.15, 0.2) is 0 Å². The van der Waals surface area contributed by atoms with Gasteiger partial charge in [-0.1, -0.05) is 17.3 Å². The molecule has 2 aliphatic heterocycles. The monoisotopic (exact) mass is 335 g/mol. The van der Waals surface area contributed by atoms with E-state index in [0.717, 1.165) is 44.8 Å². The van der Waals surface area contributed by atoms with Crippen LogP contribution in [0.3, 0.4) is 0 Å². The third kappa shape index (κ3) is 4.52. The number of carbonyl (C=O) groups excluding carboxylic acids is 1. The van der Waals surface area contributed by atoms with Crippen molar-refractivity contribution in [3.8, 4) is 0 Å². The van der Waals surface area contributed by atoms with E-state index in [9.17, 15) is 9.18 Å². The minimum absolute atomic E-state index is 0.155. The van der Waals surface area contributed by atoms with Crippen LogP contribution in [0.2, 0.25) is 0 Å². The number of carbonyl (C=O) groups is 1. The molecule has 0 radical (unpaired) electrons. The number of nitrogens with one attached hydrogen (secondary N) is 1. The number of hydrogen-bond acceptors (Lipinski definition) is 5. The fraction of sp³-hybridized carbons (Fsp3) is 0.529. The van der Waals surface area contributed by atoms with Crippen LogP contribution in [0.25, 0.3) is 0 Å². The Labute approximate surface area is 140 Å². The van der Waals surface area contributed by atoms with Gasteiger partial charge in [-0.25, -0.2) is 4.39 Å².